The minimum Gasteiger partial charge on any atom is -0.545 e. The molecule has 21 heavy (non-hydrogen) atoms. The van der Waals surface area contributed by atoms with E-state index in [1.807, 2.05) is 13.8 Å². The van der Waals surface area contributed by atoms with E-state index in [9.17, 15) is 14.7 Å². The molecule has 0 aliphatic heterocycles. The monoisotopic (exact) mass is 312 g/mol. The van der Waals surface area contributed by atoms with E-state index in [0.29, 0.717) is 11.5 Å². The topological polar surface area (TPSA) is 73.7 Å². The molecule has 0 bridgehead atoms. The van der Waals surface area contributed by atoms with Gasteiger partial charge in [0.2, 0.25) is 0 Å². The first-order valence-electron chi connectivity index (χ1n) is 7.18. The first-order chi connectivity index (χ1) is 9.68. The molecule has 0 fully saturated rings. The van der Waals surface area contributed by atoms with Crippen molar-refractivity contribution in [2.75, 3.05) is 18.4 Å². The van der Waals surface area contributed by atoms with Crippen molar-refractivity contribution in [2.45, 2.75) is 46.6 Å². The van der Waals surface area contributed by atoms with Crippen molar-refractivity contribution in [1.29, 1.82) is 0 Å². The van der Waals surface area contributed by atoms with Gasteiger partial charge in [-0.25, -0.2) is 0 Å². The van der Waals surface area contributed by atoms with E-state index in [1.165, 1.54) is 11.3 Å². The third kappa shape index (κ3) is 4.82. The number of rotatable bonds is 6. The molecule has 0 spiro atoms. The summed E-state index contributed by atoms with van der Waals surface area (Å²) in [5.74, 6) is -1.43. The van der Waals surface area contributed by atoms with Gasteiger partial charge in [0, 0.05) is 10.4 Å². The second-order valence-corrected chi connectivity index (χ2v) is 7.17. The molecule has 1 atom stereocenters. The van der Waals surface area contributed by atoms with E-state index < -0.39 is 5.97 Å². The number of carbonyl (C=O) groups is 2. The van der Waals surface area contributed by atoms with Crippen LogP contribution in [0.3, 0.4) is 0 Å². The Bertz CT molecular complexity index is 517. The lowest BCUT2D eigenvalue weighted by Crippen LogP contribution is -3.19. The van der Waals surface area contributed by atoms with E-state index in [1.54, 1.807) is 6.07 Å². The van der Waals surface area contributed by atoms with Crippen molar-refractivity contribution in [2.24, 2.45) is 0 Å². The highest BCUT2D eigenvalue weighted by atomic mass is 32.1. The molecular weight excluding hydrogens is 288 g/mol. The number of carboxylic acid groups (broad SMARTS) is 1. The summed E-state index contributed by atoms with van der Waals surface area (Å²) in [5.41, 5.74) is 0.0341. The predicted molar refractivity (Wildman–Crippen MR) is 82.8 cm³/mol. The highest BCUT2D eigenvalue weighted by molar-refractivity contribution is 7.16. The number of aromatic carboxylic acids is 1. The van der Waals surface area contributed by atoms with Gasteiger partial charge in [0.15, 0.2) is 6.54 Å². The number of thiophene rings is 1. The molecule has 0 aromatic carbocycles. The second-order valence-electron chi connectivity index (χ2n) is 6.03. The van der Waals surface area contributed by atoms with Gasteiger partial charge in [-0.1, -0.05) is 6.92 Å². The highest BCUT2D eigenvalue weighted by Gasteiger charge is 2.26. The second kappa shape index (κ2) is 7.04. The fourth-order valence-electron chi connectivity index (χ4n) is 2.15. The van der Waals surface area contributed by atoms with Crippen LogP contribution < -0.4 is 15.3 Å². The SMILES string of the molecule is CCc1cc(C(=O)[O-])c(NC(=O)C[NH+](CC)C(C)(C)C)s1. The van der Waals surface area contributed by atoms with Crippen LogP contribution in [0.25, 0.3) is 0 Å². The predicted octanol–water partition coefficient (Wildman–Crippen LogP) is 0.316. The minimum atomic E-state index is -1.25. The molecule has 1 unspecified atom stereocenters. The first kappa shape index (κ1) is 17.7. The molecule has 0 radical (unpaired) electrons. The quantitative estimate of drug-likeness (QED) is 0.794. The number of nitrogens with one attached hydrogen (secondary N) is 2. The van der Waals surface area contributed by atoms with Gasteiger partial charge < -0.3 is 20.1 Å². The van der Waals surface area contributed by atoms with Gasteiger partial charge in [-0.15, -0.1) is 11.3 Å². The molecule has 0 saturated carbocycles. The average molecular weight is 312 g/mol. The molecular formula is C15H24N2O3S. The van der Waals surface area contributed by atoms with Crippen LogP contribution in [-0.4, -0.2) is 30.5 Å². The number of quaternary nitrogens is 1. The molecule has 1 rings (SSSR count). The van der Waals surface area contributed by atoms with Crippen LogP contribution in [0.1, 0.15) is 49.9 Å². The smallest absolute Gasteiger partial charge is 0.280 e. The average Bonchev–Trinajstić information content (AvgIpc) is 2.77. The lowest BCUT2D eigenvalue weighted by atomic mass is 10.1. The number of carboxylic acids is 1. The number of anilines is 1. The minimum absolute atomic E-state index is 0.0344. The molecule has 1 amide bonds. The van der Waals surface area contributed by atoms with Crippen molar-refractivity contribution in [1.82, 2.24) is 0 Å². The zero-order chi connectivity index (χ0) is 16.2. The van der Waals surface area contributed by atoms with Crippen molar-refractivity contribution in [3.05, 3.63) is 16.5 Å². The number of aryl methyl sites for hydroxylation is 1. The maximum absolute atomic E-state index is 12.2. The Labute approximate surface area is 130 Å². The van der Waals surface area contributed by atoms with Gasteiger partial charge in [-0.2, -0.15) is 0 Å². The Morgan fingerprint density at radius 1 is 1.33 bits per heavy atom. The molecule has 1 aromatic heterocycles. The summed E-state index contributed by atoms with van der Waals surface area (Å²) in [6, 6.07) is 1.57. The van der Waals surface area contributed by atoms with Crippen LogP contribution in [0.5, 0.6) is 0 Å². The molecule has 0 saturated heterocycles. The fraction of sp³-hybridized carbons (Fsp3) is 0.600. The van der Waals surface area contributed by atoms with Crippen molar-refractivity contribution in [3.63, 3.8) is 0 Å². The van der Waals surface area contributed by atoms with Crippen LogP contribution in [0, 0.1) is 0 Å². The van der Waals surface area contributed by atoms with Crippen molar-refractivity contribution < 1.29 is 19.6 Å². The molecule has 1 aromatic rings. The van der Waals surface area contributed by atoms with E-state index in [2.05, 4.69) is 26.1 Å². The zero-order valence-corrected chi connectivity index (χ0v) is 14.1. The van der Waals surface area contributed by atoms with Crippen LogP contribution in [0.4, 0.5) is 5.00 Å². The maximum atomic E-state index is 12.2. The van der Waals surface area contributed by atoms with Crippen LogP contribution in [-0.2, 0) is 11.2 Å². The Morgan fingerprint density at radius 2 is 1.95 bits per heavy atom. The number of hydrogen-bond acceptors (Lipinski definition) is 4. The first-order valence-corrected chi connectivity index (χ1v) is 7.99. The zero-order valence-electron chi connectivity index (χ0n) is 13.3. The van der Waals surface area contributed by atoms with Gasteiger partial charge in [0.05, 0.1) is 18.1 Å². The maximum Gasteiger partial charge on any atom is 0.280 e. The molecule has 6 heteroatoms. The molecule has 1 heterocycles. The van der Waals surface area contributed by atoms with E-state index >= 15 is 0 Å². The van der Waals surface area contributed by atoms with Crippen molar-refractivity contribution in [3.8, 4) is 0 Å². The van der Waals surface area contributed by atoms with E-state index in [0.717, 1.165) is 22.7 Å². The number of carbonyl (C=O) groups excluding carboxylic acids is 2. The Morgan fingerprint density at radius 3 is 2.38 bits per heavy atom. The standard InChI is InChI=1S/C15H24N2O3S/c1-6-10-8-11(14(19)20)13(21-10)16-12(18)9-17(7-2)15(3,4)5/h8H,6-7,9H2,1-5H3,(H,16,18)(H,19,20). The van der Waals surface area contributed by atoms with Gasteiger partial charge in [-0.05, 0) is 40.2 Å². The summed E-state index contributed by atoms with van der Waals surface area (Å²) in [4.78, 5) is 25.3. The Hall–Kier alpha value is -1.40. The summed E-state index contributed by atoms with van der Waals surface area (Å²) in [6.45, 7) is 11.3. The van der Waals surface area contributed by atoms with Crippen LogP contribution in [0.2, 0.25) is 0 Å². The fourth-order valence-corrected chi connectivity index (χ4v) is 3.15. The lowest BCUT2D eigenvalue weighted by Gasteiger charge is -2.30. The van der Waals surface area contributed by atoms with Crippen molar-refractivity contribution >= 4 is 28.2 Å². The number of likely N-dealkylation sites (N-methyl/N-ethyl adjacent to an activating group) is 1. The van der Waals surface area contributed by atoms with Crippen LogP contribution in [0.15, 0.2) is 6.07 Å². The molecule has 118 valence electrons. The van der Waals surface area contributed by atoms with Gasteiger partial charge in [0.1, 0.15) is 5.00 Å². The molecule has 0 aliphatic rings. The summed E-state index contributed by atoms with van der Waals surface area (Å²) in [6.07, 6.45) is 0.731. The lowest BCUT2D eigenvalue weighted by molar-refractivity contribution is -0.937. The largest absolute Gasteiger partial charge is 0.545 e. The number of amides is 1. The molecule has 5 nitrogen and oxygen atoms in total. The van der Waals surface area contributed by atoms with E-state index in [4.69, 9.17) is 0 Å². The Balaban J connectivity index is 2.83. The summed E-state index contributed by atoms with van der Waals surface area (Å²) in [5, 5.41) is 14.2. The van der Waals surface area contributed by atoms with Gasteiger partial charge in [-0.3, -0.25) is 4.79 Å². The van der Waals surface area contributed by atoms with Gasteiger partial charge in [0.25, 0.3) is 5.91 Å². The third-order valence-electron chi connectivity index (χ3n) is 3.47. The Kier molecular flexibility index (Phi) is 5.92. The highest BCUT2D eigenvalue weighted by Crippen LogP contribution is 2.27. The molecule has 2 N–H and O–H groups in total. The summed E-state index contributed by atoms with van der Waals surface area (Å²) < 4.78 is 0. The van der Waals surface area contributed by atoms with Gasteiger partial charge >= 0.3 is 0 Å². The summed E-state index contributed by atoms with van der Waals surface area (Å²) in [7, 11) is 0. The normalized spacial score (nSPS) is 13.0. The van der Waals surface area contributed by atoms with Crippen LogP contribution >= 0.6 is 11.3 Å². The third-order valence-corrected chi connectivity index (χ3v) is 4.66. The number of hydrogen-bond donors (Lipinski definition) is 2. The van der Waals surface area contributed by atoms with E-state index in [-0.39, 0.29) is 17.0 Å². The molecule has 0 aliphatic carbocycles. The summed E-state index contributed by atoms with van der Waals surface area (Å²) >= 11 is 1.30.